The first-order chi connectivity index (χ1) is 11.9. The molecule has 2 aromatic carbocycles. The van der Waals surface area contributed by atoms with Gasteiger partial charge >= 0.3 is 0 Å². The van der Waals surface area contributed by atoms with Crippen LogP contribution in [0.3, 0.4) is 0 Å². The van der Waals surface area contributed by atoms with Crippen molar-refractivity contribution in [1.29, 1.82) is 0 Å². The summed E-state index contributed by atoms with van der Waals surface area (Å²) in [5.41, 5.74) is 0.609. The molecular weight excluding hydrogens is 370 g/mol. The van der Waals surface area contributed by atoms with Gasteiger partial charge in [0.15, 0.2) is 0 Å². The minimum atomic E-state index is -3.90. The maximum atomic E-state index is 14.0. The largest absolute Gasteiger partial charge is 0.329 e. The van der Waals surface area contributed by atoms with Gasteiger partial charge in [-0.2, -0.15) is 4.31 Å². The second-order valence-electron chi connectivity index (χ2n) is 6.00. The Bertz CT molecular complexity index is 869. The SMILES string of the molecule is O=S(=O)(c1ccc(Cl)cc1F)N1CC[NH+](Cc2ccccc2F)CC1. The number of hydrogen-bond donors (Lipinski definition) is 1. The number of sulfonamides is 1. The van der Waals surface area contributed by atoms with Crippen molar-refractivity contribution in [3.8, 4) is 0 Å². The van der Waals surface area contributed by atoms with Gasteiger partial charge in [-0.1, -0.05) is 29.8 Å². The molecule has 0 spiro atoms. The van der Waals surface area contributed by atoms with Crippen LogP contribution in [-0.4, -0.2) is 38.9 Å². The summed E-state index contributed by atoms with van der Waals surface area (Å²) in [4.78, 5) is 0.725. The average Bonchev–Trinajstić information content (AvgIpc) is 2.57. The highest BCUT2D eigenvalue weighted by Crippen LogP contribution is 2.22. The van der Waals surface area contributed by atoms with Crippen molar-refractivity contribution in [1.82, 2.24) is 4.31 Å². The number of nitrogens with one attached hydrogen (secondary N) is 1. The van der Waals surface area contributed by atoms with Gasteiger partial charge in [-0.3, -0.25) is 0 Å². The van der Waals surface area contributed by atoms with Crippen LogP contribution in [0, 0.1) is 11.6 Å². The van der Waals surface area contributed by atoms with Crippen LogP contribution in [0.4, 0.5) is 8.78 Å². The molecule has 8 heteroatoms. The van der Waals surface area contributed by atoms with E-state index in [9.17, 15) is 17.2 Å². The maximum absolute atomic E-state index is 14.0. The molecule has 0 aliphatic carbocycles. The summed E-state index contributed by atoms with van der Waals surface area (Å²) in [7, 11) is -3.90. The Labute approximate surface area is 150 Å². The Morgan fingerprint density at radius 2 is 1.72 bits per heavy atom. The molecule has 25 heavy (non-hydrogen) atoms. The normalized spacial score (nSPS) is 16.9. The molecule has 1 aliphatic heterocycles. The van der Waals surface area contributed by atoms with E-state index >= 15 is 0 Å². The number of piperazine rings is 1. The van der Waals surface area contributed by atoms with Crippen LogP contribution in [0.5, 0.6) is 0 Å². The second-order valence-corrected chi connectivity index (χ2v) is 8.34. The van der Waals surface area contributed by atoms with E-state index in [0.29, 0.717) is 25.2 Å². The molecule has 3 rings (SSSR count). The van der Waals surface area contributed by atoms with Crippen molar-refractivity contribution in [2.45, 2.75) is 11.4 Å². The Morgan fingerprint density at radius 3 is 2.36 bits per heavy atom. The predicted octanol–water partition coefficient (Wildman–Crippen LogP) is 1.71. The Balaban J connectivity index is 1.68. The summed E-state index contributed by atoms with van der Waals surface area (Å²) in [6.07, 6.45) is 0. The molecule has 0 saturated carbocycles. The van der Waals surface area contributed by atoms with E-state index in [-0.39, 0.29) is 28.8 Å². The first kappa shape index (κ1) is 18.3. The van der Waals surface area contributed by atoms with E-state index in [4.69, 9.17) is 11.6 Å². The molecule has 1 fully saturated rings. The molecule has 1 saturated heterocycles. The van der Waals surface area contributed by atoms with Crippen molar-refractivity contribution in [2.75, 3.05) is 26.2 Å². The predicted molar refractivity (Wildman–Crippen MR) is 91.0 cm³/mol. The third kappa shape index (κ3) is 4.00. The zero-order valence-corrected chi connectivity index (χ0v) is 15.0. The molecule has 0 aromatic heterocycles. The molecule has 0 radical (unpaired) electrons. The standard InChI is InChI=1S/C17H17ClF2N2O2S/c18-14-5-6-17(16(20)11-14)25(23,24)22-9-7-21(8-10-22)12-13-3-1-2-4-15(13)19/h1-6,11H,7-10,12H2/p+1. The van der Waals surface area contributed by atoms with Gasteiger partial charge in [-0.05, 0) is 24.3 Å². The molecule has 1 heterocycles. The summed E-state index contributed by atoms with van der Waals surface area (Å²) in [6.45, 7) is 2.07. The fourth-order valence-electron chi connectivity index (χ4n) is 2.95. The molecule has 0 atom stereocenters. The van der Waals surface area contributed by atoms with E-state index in [1.165, 1.54) is 22.5 Å². The molecule has 4 nitrogen and oxygen atoms in total. The summed E-state index contributed by atoms with van der Waals surface area (Å²) < 4.78 is 54.2. The molecule has 0 amide bonds. The quantitative estimate of drug-likeness (QED) is 0.867. The lowest BCUT2D eigenvalue weighted by atomic mass is 10.2. The van der Waals surface area contributed by atoms with Gasteiger partial charge in [0, 0.05) is 10.6 Å². The molecule has 1 N–H and O–H groups in total. The number of benzene rings is 2. The topological polar surface area (TPSA) is 41.8 Å². The minimum absolute atomic E-state index is 0.149. The fourth-order valence-corrected chi connectivity index (χ4v) is 4.60. The first-order valence-electron chi connectivity index (χ1n) is 7.90. The van der Waals surface area contributed by atoms with Gasteiger partial charge in [0.25, 0.3) is 0 Å². The Kier molecular flexibility index (Phi) is 5.38. The maximum Gasteiger partial charge on any atom is 0.246 e. The van der Waals surface area contributed by atoms with Crippen LogP contribution in [0.1, 0.15) is 5.56 Å². The van der Waals surface area contributed by atoms with Gasteiger partial charge in [0.2, 0.25) is 10.0 Å². The number of rotatable bonds is 4. The van der Waals surface area contributed by atoms with Crippen LogP contribution >= 0.6 is 11.6 Å². The van der Waals surface area contributed by atoms with Crippen molar-refractivity contribution < 1.29 is 22.1 Å². The van der Waals surface area contributed by atoms with Crippen molar-refractivity contribution in [3.63, 3.8) is 0 Å². The molecule has 0 bridgehead atoms. The first-order valence-corrected chi connectivity index (χ1v) is 9.72. The van der Waals surface area contributed by atoms with Crippen molar-refractivity contribution in [2.24, 2.45) is 0 Å². The zero-order chi connectivity index (χ0) is 18.0. The van der Waals surface area contributed by atoms with Crippen LogP contribution in [-0.2, 0) is 16.6 Å². The molecule has 2 aromatic rings. The van der Waals surface area contributed by atoms with E-state index in [1.807, 2.05) is 0 Å². The summed E-state index contributed by atoms with van der Waals surface area (Å²) in [5.74, 6) is -1.11. The van der Waals surface area contributed by atoms with E-state index in [1.54, 1.807) is 18.2 Å². The fraction of sp³-hybridized carbons (Fsp3) is 0.294. The minimum Gasteiger partial charge on any atom is -0.329 e. The van der Waals surface area contributed by atoms with Crippen molar-refractivity contribution >= 4 is 21.6 Å². The highest BCUT2D eigenvalue weighted by Gasteiger charge is 2.32. The van der Waals surface area contributed by atoms with Gasteiger partial charge < -0.3 is 4.90 Å². The van der Waals surface area contributed by atoms with Crippen LogP contribution in [0.15, 0.2) is 47.4 Å². The highest BCUT2D eigenvalue weighted by molar-refractivity contribution is 7.89. The number of nitrogens with zero attached hydrogens (tertiary/aromatic N) is 1. The van der Waals surface area contributed by atoms with E-state index < -0.39 is 15.8 Å². The number of hydrogen-bond acceptors (Lipinski definition) is 2. The average molecular weight is 388 g/mol. The van der Waals surface area contributed by atoms with Gasteiger partial charge in [0.05, 0.1) is 26.2 Å². The smallest absolute Gasteiger partial charge is 0.246 e. The number of halogens is 3. The lowest BCUT2D eigenvalue weighted by Crippen LogP contribution is -3.13. The third-order valence-electron chi connectivity index (χ3n) is 4.34. The molecule has 0 unspecified atom stereocenters. The van der Waals surface area contributed by atoms with Crippen LogP contribution < -0.4 is 4.90 Å². The summed E-state index contributed by atoms with van der Waals surface area (Å²) >= 11 is 5.68. The summed E-state index contributed by atoms with van der Waals surface area (Å²) in [5, 5.41) is 0.149. The monoisotopic (exact) mass is 387 g/mol. The second kappa shape index (κ2) is 7.37. The molecule has 1 aliphatic rings. The lowest BCUT2D eigenvalue weighted by molar-refractivity contribution is -0.917. The number of quaternary nitrogens is 1. The summed E-state index contributed by atoms with van der Waals surface area (Å²) in [6, 6.07) is 10.1. The Morgan fingerprint density at radius 1 is 1.04 bits per heavy atom. The zero-order valence-electron chi connectivity index (χ0n) is 13.4. The van der Waals surface area contributed by atoms with Gasteiger partial charge in [0.1, 0.15) is 23.1 Å². The molecule has 134 valence electrons. The van der Waals surface area contributed by atoms with Crippen molar-refractivity contribution in [3.05, 3.63) is 64.7 Å². The van der Waals surface area contributed by atoms with Gasteiger partial charge in [-0.15, -0.1) is 0 Å². The van der Waals surface area contributed by atoms with E-state index in [2.05, 4.69) is 0 Å². The van der Waals surface area contributed by atoms with Gasteiger partial charge in [-0.25, -0.2) is 17.2 Å². The Hall–Kier alpha value is -1.54. The van der Waals surface area contributed by atoms with Crippen LogP contribution in [0.25, 0.3) is 0 Å². The molecular formula is C17H18ClF2N2O2S+. The van der Waals surface area contributed by atoms with Crippen LogP contribution in [0.2, 0.25) is 5.02 Å². The lowest BCUT2D eigenvalue weighted by Gasteiger charge is -2.31. The third-order valence-corrected chi connectivity index (χ3v) is 6.51. The highest BCUT2D eigenvalue weighted by atomic mass is 35.5. The van der Waals surface area contributed by atoms with E-state index in [0.717, 1.165) is 11.0 Å².